The lowest BCUT2D eigenvalue weighted by Gasteiger charge is -2.38. The first-order valence-corrected chi connectivity index (χ1v) is 8.29. The number of anilines is 1. The van der Waals surface area contributed by atoms with E-state index in [4.69, 9.17) is 16.3 Å². The maximum Gasteiger partial charge on any atom is 0.0474 e. The van der Waals surface area contributed by atoms with Crippen LogP contribution in [0.2, 0.25) is 5.02 Å². The van der Waals surface area contributed by atoms with Crippen molar-refractivity contribution in [1.29, 1.82) is 0 Å². The van der Waals surface area contributed by atoms with Crippen molar-refractivity contribution in [3.05, 3.63) is 65.2 Å². The minimum atomic E-state index is 0.227. The lowest BCUT2D eigenvalue weighted by Crippen LogP contribution is -2.35. The van der Waals surface area contributed by atoms with E-state index >= 15 is 0 Å². The number of hydrogen-bond donors (Lipinski definition) is 1. The summed E-state index contributed by atoms with van der Waals surface area (Å²) in [6, 6.07) is 18.8. The summed E-state index contributed by atoms with van der Waals surface area (Å²) in [6.45, 7) is 2.65. The molecule has 2 aromatic rings. The Balaban J connectivity index is 1.68. The number of benzene rings is 2. The van der Waals surface area contributed by atoms with Gasteiger partial charge in [-0.1, -0.05) is 48.0 Å². The molecule has 116 valence electrons. The van der Waals surface area contributed by atoms with Gasteiger partial charge in [-0.05, 0) is 43.0 Å². The van der Waals surface area contributed by atoms with Gasteiger partial charge in [-0.15, -0.1) is 0 Å². The number of rotatable bonds is 5. The van der Waals surface area contributed by atoms with E-state index in [-0.39, 0.29) is 5.41 Å². The molecule has 1 saturated heterocycles. The molecular formula is C19H22ClNO. The molecule has 2 aromatic carbocycles. The van der Waals surface area contributed by atoms with Crippen LogP contribution in [-0.2, 0) is 10.2 Å². The van der Waals surface area contributed by atoms with Crippen molar-refractivity contribution >= 4 is 17.3 Å². The number of halogens is 1. The zero-order chi connectivity index (χ0) is 15.3. The van der Waals surface area contributed by atoms with Crippen LogP contribution in [0, 0.1) is 0 Å². The Morgan fingerprint density at radius 1 is 1.00 bits per heavy atom. The normalized spacial score (nSPS) is 17.1. The first-order chi connectivity index (χ1) is 10.8. The minimum Gasteiger partial charge on any atom is -0.385 e. The minimum absolute atomic E-state index is 0.227. The van der Waals surface area contributed by atoms with E-state index in [1.807, 2.05) is 18.2 Å². The molecule has 1 heterocycles. The molecule has 0 atom stereocenters. The molecule has 0 aliphatic carbocycles. The van der Waals surface area contributed by atoms with E-state index in [0.29, 0.717) is 0 Å². The van der Waals surface area contributed by atoms with Crippen molar-refractivity contribution in [2.24, 2.45) is 0 Å². The lowest BCUT2D eigenvalue weighted by molar-refractivity contribution is 0.0480. The Morgan fingerprint density at radius 3 is 2.50 bits per heavy atom. The highest BCUT2D eigenvalue weighted by Gasteiger charge is 2.33. The fourth-order valence-electron chi connectivity index (χ4n) is 3.28. The summed E-state index contributed by atoms with van der Waals surface area (Å²) < 4.78 is 5.59. The Kier molecular flexibility index (Phi) is 5.01. The Morgan fingerprint density at radius 2 is 1.77 bits per heavy atom. The molecule has 1 aliphatic rings. The molecular weight excluding hydrogens is 294 g/mol. The molecule has 0 bridgehead atoms. The van der Waals surface area contributed by atoms with Gasteiger partial charge in [0.15, 0.2) is 0 Å². The molecule has 1 fully saturated rings. The average Bonchev–Trinajstić information content (AvgIpc) is 2.57. The fourth-order valence-corrected chi connectivity index (χ4v) is 3.47. The molecule has 22 heavy (non-hydrogen) atoms. The van der Waals surface area contributed by atoms with Gasteiger partial charge in [-0.3, -0.25) is 0 Å². The Hall–Kier alpha value is -1.51. The highest BCUT2D eigenvalue weighted by molar-refractivity contribution is 6.30. The topological polar surface area (TPSA) is 21.3 Å². The molecule has 1 aliphatic heterocycles. The van der Waals surface area contributed by atoms with Crippen molar-refractivity contribution in [3.8, 4) is 0 Å². The molecule has 3 heteroatoms. The molecule has 3 rings (SSSR count). The van der Waals surface area contributed by atoms with Crippen molar-refractivity contribution < 1.29 is 4.74 Å². The third-order valence-electron chi connectivity index (χ3n) is 4.59. The first-order valence-electron chi connectivity index (χ1n) is 7.91. The summed E-state index contributed by atoms with van der Waals surface area (Å²) in [4.78, 5) is 0. The van der Waals surface area contributed by atoms with Gasteiger partial charge >= 0.3 is 0 Å². The van der Waals surface area contributed by atoms with Crippen LogP contribution in [0.3, 0.4) is 0 Å². The van der Waals surface area contributed by atoms with Gasteiger partial charge < -0.3 is 10.1 Å². The van der Waals surface area contributed by atoms with E-state index in [1.165, 1.54) is 5.56 Å². The van der Waals surface area contributed by atoms with E-state index in [1.54, 1.807) is 0 Å². The first kappa shape index (κ1) is 15.4. The van der Waals surface area contributed by atoms with E-state index in [0.717, 1.165) is 49.7 Å². The largest absolute Gasteiger partial charge is 0.385 e. The summed E-state index contributed by atoms with van der Waals surface area (Å²) in [5, 5.41) is 4.27. The van der Waals surface area contributed by atoms with Crippen LogP contribution in [0.25, 0.3) is 0 Å². The van der Waals surface area contributed by atoms with Crippen LogP contribution in [-0.4, -0.2) is 19.8 Å². The molecule has 0 amide bonds. The molecule has 0 spiro atoms. The van der Waals surface area contributed by atoms with Crippen LogP contribution in [0.4, 0.5) is 5.69 Å². The van der Waals surface area contributed by atoms with Gasteiger partial charge in [-0.2, -0.15) is 0 Å². The van der Waals surface area contributed by atoms with Gasteiger partial charge in [-0.25, -0.2) is 0 Å². The van der Waals surface area contributed by atoms with Gasteiger partial charge in [0.05, 0.1) is 0 Å². The predicted molar refractivity (Wildman–Crippen MR) is 92.7 cm³/mol. The summed E-state index contributed by atoms with van der Waals surface area (Å²) in [7, 11) is 0. The monoisotopic (exact) mass is 315 g/mol. The average molecular weight is 316 g/mol. The quantitative estimate of drug-likeness (QED) is 0.848. The maximum absolute atomic E-state index is 6.04. The third kappa shape index (κ3) is 3.63. The molecule has 1 N–H and O–H groups in total. The molecule has 0 saturated carbocycles. The van der Waals surface area contributed by atoms with Crippen LogP contribution in [0.1, 0.15) is 24.8 Å². The second kappa shape index (κ2) is 7.17. The van der Waals surface area contributed by atoms with E-state index < -0.39 is 0 Å². The van der Waals surface area contributed by atoms with E-state index in [9.17, 15) is 0 Å². The summed E-state index contributed by atoms with van der Waals surface area (Å²) in [5.41, 5.74) is 2.75. The van der Waals surface area contributed by atoms with Crippen LogP contribution in [0.15, 0.2) is 54.6 Å². The highest BCUT2D eigenvalue weighted by atomic mass is 35.5. The fraction of sp³-hybridized carbons (Fsp3) is 0.368. The second-order valence-electron chi connectivity index (χ2n) is 5.95. The number of ether oxygens (including phenoxy) is 1. The van der Waals surface area contributed by atoms with Crippen molar-refractivity contribution in [3.63, 3.8) is 0 Å². The standard InChI is InChI=1S/C19H22ClNO/c20-17-7-4-8-18(15-17)21-12-9-19(10-13-22-14-11-19)16-5-2-1-3-6-16/h1-8,15,21H,9-14H2. The number of nitrogens with one attached hydrogen (secondary N) is 1. The predicted octanol–water partition coefficient (Wildman–Crippen LogP) is 4.89. The third-order valence-corrected chi connectivity index (χ3v) is 4.83. The lowest BCUT2D eigenvalue weighted by atomic mass is 9.72. The Bertz CT molecular complexity index is 593. The summed E-state index contributed by atoms with van der Waals surface area (Å²) >= 11 is 6.04. The zero-order valence-electron chi connectivity index (χ0n) is 12.7. The van der Waals surface area contributed by atoms with Gasteiger partial charge in [0.2, 0.25) is 0 Å². The van der Waals surface area contributed by atoms with Crippen LogP contribution < -0.4 is 5.32 Å². The second-order valence-corrected chi connectivity index (χ2v) is 6.38. The van der Waals surface area contributed by atoms with Crippen LogP contribution >= 0.6 is 11.6 Å². The zero-order valence-corrected chi connectivity index (χ0v) is 13.5. The summed E-state index contributed by atoms with van der Waals surface area (Å²) in [5.74, 6) is 0. The van der Waals surface area contributed by atoms with Gasteiger partial charge in [0, 0.05) is 35.9 Å². The van der Waals surface area contributed by atoms with Gasteiger partial charge in [0.1, 0.15) is 0 Å². The molecule has 0 unspecified atom stereocenters. The number of hydrogen-bond acceptors (Lipinski definition) is 2. The Labute approximate surface area is 137 Å². The van der Waals surface area contributed by atoms with Crippen molar-refractivity contribution in [1.82, 2.24) is 0 Å². The van der Waals surface area contributed by atoms with Crippen molar-refractivity contribution in [2.75, 3.05) is 25.1 Å². The molecule has 0 radical (unpaired) electrons. The SMILES string of the molecule is Clc1cccc(NCCC2(c3ccccc3)CCOCC2)c1. The molecule has 0 aromatic heterocycles. The van der Waals surface area contributed by atoms with Crippen LogP contribution in [0.5, 0.6) is 0 Å². The molecule has 2 nitrogen and oxygen atoms in total. The maximum atomic E-state index is 6.04. The smallest absolute Gasteiger partial charge is 0.0474 e. The van der Waals surface area contributed by atoms with Crippen molar-refractivity contribution in [2.45, 2.75) is 24.7 Å². The highest BCUT2D eigenvalue weighted by Crippen LogP contribution is 2.37. The van der Waals surface area contributed by atoms with E-state index in [2.05, 4.69) is 41.7 Å². The summed E-state index contributed by atoms with van der Waals surface area (Å²) in [6.07, 6.45) is 3.29. The van der Waals surface area contributed by atoms with Gasteiger partial charge in [0.25, 0.3) is 0 Å².